The van der Waals surface area contributed by atoms with Crippen LogP contribution in [0, 0.1) is 12.7 Å². The van der Waals surface area contributed by atoms with Gasteiger partial charge in [-0.1, -0.05) is 17.7 Å². The number of nitrogens with zero attached hydrogens (tertiary/aromatic N) is 2. The number of aromatic nitrogens is 2. The van der Waals surface area contributed by atoms with Crippen molar-refractivity contribution < 1.29 is 14.3 Å². The number of phenols is 1. The summed E-state index contributed by atoms with van der Waals surface area (Å²) in [6.07, 6.45) is 0. The fourth-order valence-corrected chi connectivity index (χ4v) is 3.52. The Morgan fingerprint density at radius 2 is 1.93 bits per heavy atom. The number of nitrogen functional groups attached to an aromatic ring is 1. The number of hydrogen-bond donors (Lipinski definition) is 3. The maximum atomic E-state index is 13.5. The molecule has 29 heavy (non-hydrogen) atoms. The molecule has 0 aliphatic rings. The van der Waals surface area contributed by atoms with Crippen molar-refractivity contribution in [2.75, 3.05) is 5.73 Å². The van der Waals surface area contributed by atoms with Gasteiger partial charge in [0.15, 0.2) is 0 Å². The lowest BCUT2D eigenvalue weighted by molar-refractivity contribution is 0.100. The molecule has 0 saturated heterocycles. The van der Waals surface area contributed by atoms with Gasteiger partial charge in [-0.25, -0.2) is 9.37 Å². The number of nitrogens with two attached hydrogens (primary N) is 2. The van der Waals surface area contributed by atoms with E-state index in [4.69, 9.17) is 23.1 Å². The molecule has 2 aromatic carbocycles. The fourth-order valence-electron chi connectivity index (χ4n) is 3.34. The number of pyridine rings is 1. The number of carbonyl (C=O) groups is 1. The van der Waals surface area contributed by atoms with Gasteiger partial charge in [-0.05, 0) is 48.9 Å². The van der Waals surface area contributed by atoms with Gasteiger partial charge in [0.2, 0.25) is 0 Å². The van der Waals surface area contributed by atoms with Crippen molar-refractivity contribution in [1.29, 1.82) is 0 Å². The van der Waals surface area contributed by atoms with Gasteiger partial charge in [-0.2, -0.15) is 0 Å². The highest BCUT2D eigenvalue weighted by Crippen LogP contribution is 2.34. The summed E-state index contributed by atoms with van der Waals surface area (Å²) in [5.74, 6) is -1.10. The maximum absolute atomic E-state index is 13.5. The van der Waals surface area contributed by atoms with E-state index >= 15 is 0 Å². The highest BCUT2D eigenvalue weighted by atomic mass is 35.5. The highest BCUT2D eigenvalue weighted by Gasteiger charge is 2.23. The number of phenolic OH excluding ortho intramolecular Hbond substituents is 1. The molecule has 0 atom stereocenters. The van der Waals surface area contributed by atoms with Crippen LogP contribution in [0.2, 0.25) is 5.02 Å². The van der Waals surface area contributed by atoms with Crippen molar-refractivity contribution in [3.63, 3.8) is 0 Å². The minimum absolute atomic E-state index is 0.0352. The molecule has 0 unspecified atom stereocenters. The Balaban J connectivity index is 2.02. The van der Waals surface area contributed by atoms with Crippen LogP contribution in [0.1, 0.15) is 15.9 Å². The zero-order chi connectivity index (χ0) is 20.9. The molecular weight excluding hydrogens is 395 g/mol. The monoisotopic (exact) mass is 410 g/mol. The van der Waals surface area contributed by atoms with Gasteiger partial charge in [-0.3, -0.25) is 9.36 Å². The van der Waals surface area contributed by atoms with E-state index in [1.165, 1.54) is 12.1 Å². The second-order valence-corrected chi connectivity index (χ2v) is 7.03. The van der Waals surface area contributed by atoms with Crippen molar-refractivity contribution in [1.82, 2.24) is 9.55 Å². The molecule has 0 aliphatic carbocycles. The van der Waals surface area contributed by atoms with E-state index in [1.54, 1.807) is 41.0 Å². The summed E-state index contributed by atoms with van der Waals surface area (Å²) < 4.78 is 15.1. The number of aromatic hydroxyl groups is 1. The molecule has 0 fully saturated rings. The van der Waals surface area contributed by atoms with E-state index in [1.807, 2.05) is 6.92 Å². The molecule has 4 aromatic rings. The Bertz CT molecular complexity index is 1300. The lowest BCUT2D eigenvalue weighted by atomic mass is 10.1. The number of halogens is 2. The van der Waals surface area contributed by atoms with Crippen LogP contribution in [0.3, 0.4) is 0 Å². The summed E-state index contributed by atoms with van der Waals surface area (Å²) in [6.45, 7) is 1.85. The second kappa shape index (κ2) is 6.79. The van der Waals surface area contributed by atoms with Gasteiger partial charge in [0.1, 0.15) is 28.5 Å². The summed E-state index contributed by atoms with van der Waals surface area (Å²) in [4.78, 5) is 16.7. The molecule has 4 rings (SSSR count). The standard InChI is InChI=1S/C21H16ClFN4O2/c1-10-2-4-12(28)9-17(10)27-16-7-6-15(11-3-5-14(23)13(22)8-11)26-19(16)18(20(27)24)21(25)29/h2-9,28H,24H2,1H3,(H2,25,29). The molecular formula is C21H16ClFN4O2. The SMILES string of the molecule is Cc1ccc(O)cc1-n1c(N)c(C(N)=O)c2nc(-c3ccc(F)c(Cl)c3)ccc21. The van der Waals surface area contributed by atoms with Crippen LogP contribution in [0.15, 0.2) is 48.5 Å². The number of amides is 1. The number of rotatable bonds is 3. The minimum Gasteiger partial charge on any atom is -0.508 e. The van der Waals surface area contributed by atoms with Crippen LogP contribution in [-0.4, -0.2) is 20.6 Å². The summed E-state index contributed by atoms with van der Waals surface area (Å²) in [7, 11) is 0. The number of benzene rings is 2. The smallest absolute Gasteiger partial charge is 0.254 e. The van der Waals surface area contributed by atoms with E-state index in [2.05, 4.69) is 4.98 Å². The fraction of sp³-hybridized carbons (Fsp3) is 0.0476. The number of aryl methyl sites for hydroxylation is 1. The average Bonchev–Trinajstić information content (AvgIpc) is 2.97. The summed E-state index contributed by atoms with van der Waals surface area (Å²) >= 11 is 5.88. The Morgan fingerprint density at radius 3 is 2.62 bits per heavy atom. The molecule has 6 nitrogen and oxygen atoms in total. The largest absolute Gasteiger partial charge is 0.508 e. The van der Waals surface area contributed by atoms with Gasteiger partial charge >= 0.3 is 0 Å². The van der Waals surface area contributed by atoms with Crippen molar-refractivity contribution in [3.8, 4) is 22.7 Å². The first kappa shape index (κ1) is 18.8. The molecule has 2 heterocycles. The molecule has 8 heteroatoms. The van der Waals surface area contributed by atoms with Crippen LogP contribution >= 0.6 is 11.6 Å². The van der Waals surface area contributed by atoms with E-state index in [9.17, 15) is 14.3 Å². The quantitative estimate of drug-likeness (QED) is 0.471. The average molecular weight is 411 g/mol. The van der Waals surface area contributed by atoms with E-state index < -0.39 is 11.7 Å². The van der Waals surface area contributed by atoms with Gasteiger partial charge in [0, 0.05) is 11.6 Å². The Labute approximate surface area is 170 Å². The van der Waals surface area contributed by atoms with Crippen LogP contribution in [-0.2, 0) is 0 Å². The van der Waals surface area contributed by atoms with Crippen molar-refractivity contribution in [2.24, 2.45) is 5.73 Å². The predicted molar refractivity (Wildman–Crippen MR) is 111 cm³/mol. The zero-order valence-electron chi connectivity index (χ0n) is 15.3. The number of primary amides is 1. The summed E-state index contributed by atoms with van der Waals surface area (Å²) in [6, 6.07) is 12.5. The first-order chi connectivity index (χ1) is 13.8. The van der Waals surface area contributed by atoms with Crippen LogP contribution in [0.5, 0.6) is 5.75 Å². The molecule has 0 spiro atoms. The van der Waals surface area contributed by atoms with Crippen LogP contribution in [0.4, 0.5) is 10.2 Å². The Kier molecular flexibility index (Phi) is 4.39. The zero-order valence-corrected chi connectivity index (χ0v) is 16.0. The summed E-state index contributed by atoms with van der Waals surface area (Å²) in [5.41, 5.74) is 15.2. The predicted octanol–water partition coefficient (Wildman–Crippen LogP) is 4.18. The third-order valence-corrected chi connectivity index (χ3v) is 5.03. The van der Waals surface area contributed by atoms with E-state index in [-0.39, 0.29) is 22.2 Å². The van der Waals surface area contributed by atoms with Gasteiger partial charge in [0.25, 0.3) is 5.91 Å². The number of hydrogen-bond acceptors (Lipinski definition) is 4. The van der Waals surface area contributed by atoms with Gasteiger partial charge in [0.05, 0.1) is 21.9 Å². The molecule has 146 valence electrons. The molecule has 2 aromatic heterocycles. The molecule has 5 N–H and O–H groups in total. The van der Waals surface area contributed by atoms with Gasteiger partial charge < -0.3 is 16.6 Å². The van der Waals surface area contributed by atoms with E-state index in [0.29, 0.717) is 28.0 Å². The van der Waals surface area contributed by atoms with Crippen LogP contribution < -0.4 is 11.5 Å². The molecule has 0 bridgehead atoms. The Hall–Kier alpha value is -3.58. The molecule has 0 saturated carbocycles. The lowest BCUT2D eigenvalue weighted by Gasteiger charge is -2.12. The van der Waals surface area contributed by atoms with E-state index in [0.717, 1.165) is 5.56 Å². The number of fused-ring (bicyclic) bond motifs is 1. The first-order valence-electron chi connectivity index (χ1n) is 8.64. The van der Waals surface area contributed by atoms with Gasteiger partial charge in [-0.15, -0.1) is 0 Å². The van der Waals surface area contributed by atoms with Crippen molar-refractivity contribution in [2.45, 2.75) is 6.92 Å². The van der Waals surface area contributed by atoms with Crippen molar-refractivity contribution in [3.05, 3.63) is 70.5 Å². The molecule has 1 amide bonds. The third kappa shape index (κ3) is 3.05. The highest BCUT2D eigenvalue weighted by molar-refractivity contribution is 6.31. The molecule has 0 aliphatic heterocycles. The first-order valence-corrected chi connectivity index (χ1v) is 9.02. The summed E-state index contributed by atoms with van der Waals surface area (Å²) in [5, 5.41) is 9.88. The number of carbonyl (C=O) groups excluding carboxylic acids is 1. The normalized spacial score (nSPS) is 11.1. The van der Waals surface area contributed by atoms with Crippen LogP contribution in [0.25, 0.3) is 28.0 Å². The lowest BCUT2D eigenvalue weighted by Crippen LogP contribution is -2.14. The second-order valence-electron chi connectivity index (χ2n) is 6.62. The topological polar surface area (TPSA) is 107 Å². The Morgan fingerprint density at radius 1 is 1.17 bits per heavy atom. The number of anilines is 1. The van der Waals surface area contributed by atoms with Crippen molar-refractivity contribution >= 4 is 34.4 Å². The molecule has 0 radical (unpaired) electrons. The third-order valence-electron chi connectivity index (χ3n) is 4.74. The minimum atomic E-state index is -0.731. The maximum Gasteiger partial charge on any atom is 0.254 e.